The summed E-state index contributed by atoms with van der Waals surface area (Å²) in [6.07, 6.45) is 4.35. The van der Waals surface area contributed by atoms with E-state index >= 15 is 0 Å². The topological polar surface area (TPSA) is 90.5 Å². The zero-order chi connectivity index (χ0) is 24.2. The maximum absolute atomic E-state index is 13.0. The van der Waals surface area contributed by atoms with Gasteiger partial charge >= 0.3 is 5.56 Å². The van der Waals surface area contributed by atoms with Crippen molar-refractivity contribution in [3.05, 3.63) is 82.2 Å². The molecule has 2 aromatic carbocycles. The lowest BCUT2D eigenvalue weighted by molar-refractivity contribution is -0.116. The fourth-order valence-corrected chi connectivity index (χ4v) is 3.88. The molecule has 4 aromatic rings. The number of aryl methyl sites for hydroxylation is 2. The number of anilines is 1. The highest BCUT2D eigenvalue weighted by atomic mass is 16.5. The molecule has 0 spiro atoms. The van der Waals surface area contributed by atoms with Gasteiger partial charge < -0.3 is 10.1 Å². The first-order chi connectivity index (χ1) is 16.4. The Hall–Kier alpha value is -3.94. The molecular weight excluding hydrogens is 430 g/mol. The van der Waals surface area contributed by atoms with E-state index in [2.05, 4.69) is 15.5 Å². The zero-order valence-corrected chi connectivity index (χ0v) is 19.9. The summed E-state index contributed by atoms with van der Waals surface area (Å²) in [6.45, 7) is 8.56. The Bertz CT molecular complexity index is 1370. The molecule has 1 N–H and O–H groups in total. The van der Waals surface area contributed by atoms with Crippen molar-refractivity contribution in [1.29, 1.82) is 0 Å². The Kier molecular flexibility index (Phi) is 6.77. The number of ether oxygens (including phenoxy) is 1. The van der Waals surface area contributed by atoms with E-state index in [1.54, 1.807) is 16.8 Å². The van der Waals surface area contributed by atoms with Crippen LogP contribution in [0.2, 0.25) is 0 Å². The van der Waals surface area contributed by atoms with Gasteiger partial charge in [0.2, 0.25) is 11.6 Å². The van der Waals surface area contributed by atoms with Gasteiger partial charge in [-0.05, 0) is 74.2 Å². The van der Waals surface area contributed by atoms with Crippen LogP contribution in [-0.4, -0.2) is 31.7 Å². The van der Waals surface area contributed by atoms with Crippen LogP contribution in [0.3, 0.4) is 0 Å². The lowest BCUT2D eigenvalue weighted by Gasteiger charge is -2.12. The molecule has 0 bridgehead atoms. The second-order valence-corrected chi connectivity index (χ2v) is 8.57. The molecule has 2 aromatic heterocycles. The first kappa shape index (κ1) is 23.2. The summed E-state index contributed by atoms with van der Waals surface area (Å²) in [5.41, 5.74) is 3.83. The van der Waals surface area contributed by atoms with Gasteiger partial charge in [0.05, 0.1) is 6.61 Å². The summed E-state index contributed by atoms with van der Waals surface area (Å²) in [5.74, 6) is 1.37. The molecule has 1 atom stereocenters. The van der Waals surface area contributed by atoms with Crippen molar-refractivity contribution in [3.63, 3.8) is 0 Å². The molecule has 0 aliphatic carbocycles. The molecule has 2 heterocycles. The van der Waals surface area contributed by atoms with Gasteiger partial charge in [-0.25, -0.2) is 0 Å². The van der Waals surface area contributed by atoms with Crippen molar-refractivity contribution >= 4 is 17.2 Å². The van der Waals surface area contributed by atoms with Gasteiger partial charge in [-0.3, -0.25) is 18.6 Å². The average molecular weight is 460 g/mol. The van der Waals surface area contributed by atoms with Crippen LogP contribution in [0.25, 0.3) is 11.3 Å². The maximum atomic E-state index is 13.0. The summed E-state index contributed by atoms with van der Waals surface area (Å²) in [6, 6.07) is 13.2. The Morgan fingerprint density at radius 2 is 1.82 bits per heavy atom. The first-order valence-electron chi connectivity index (χ1n) is 11.4. The molecule has 1 amide bonds. The lowest BCUT2D eigenvalue weighted by atomic mass is 10.0. The Balaban J connectivity index is 1.46. The second-order valence-electron chi connectivity index (χ2n) is 8.57. The Morgan fingerprint density at radius 3 is 2.53 bits per heavy atom. The molecule has 0 aliphatic heterocycles. The summed E-state index contributed by atoms with van der Waals surface area (Å²) in [7, 11) is 0. The number of nitrogens with zero attached hydrogens (tertiary/aromatic N) is 4. The Labute approximate surface area is 198 Å². The number of hydrogen-bond acceptors (Lipinski definition) is 5. The number of benzene rings is 2. The molecular formula is C26H29N5O3. The van der Waals surface area contributed by atoms with E-state index in [0.717, 1.165) is 22.7 Å². The van der Waals surface area contributed by atoms with Gasteiger partial charge in [-0.2, -0.15) is 0 Å². The second kappa shape index (κ2) is 9.91. The van der Waals surface area contributed by atoms with Crippen LogP contribution in [0, 0.1) is 19.8 Å². The molecule has 0 fully saturated rings. The number of amides is 1. The first-order valence-corrected chi connectivity index (χ1v) is 11.4. The van der Waals surface area contributed by atoms with Crippen molar-refractivity contribution in [2.24, 2.45) is 5.92 Å². The predicted molar refractivity (Wildman–Crippen MR) is 132 cm³/mol. The molecule has 8 heteroatoms. The van der Waals surface area contributed by atoms with Crippen LogP contribution in [0.15, 0.2) is 59.7 Å². The molecule has 176 valence electrons. The number of fused-ring (bicyclic) bond motifs is 1. The summed E-state index contributed by atoms with van der Waals surface area (Å²) >= 11 is 0. The van der Waals surface area contributed by atoms with Crippen molar-refractivity contribution in [2.75, 3.05) is 11.9 Å². The quantitative estimate of drug-likeness (QED) is 0.428. The van der Waals surface area contributed by atoms with Crippen molar-refractivity contribution in [1.82, 2.24) is 19.2 Å². The van der Waals surface area contributed by atoms with Crippen molar-refractivity contribution in [3.8, 4) is 11.4 Å². The van der Waals surface area contributed by atoms with Gasteiger partial charge in [0.15, 0.2) is 0 Å². The number of carbonyl (C=O) groups is 1. The lowest BCUT2D eigenvalue weighted by Crippen LogP contribution is -2.21. The monoisotopic (exact) mass is 459 g/mol. The number of rotatable bonds is 8. The summed E-state index contributed by atoms with van der Waals surface area (Å²) in [5, 5.41) is 11.3. The third-order valence-electron chi connectivity index (χ3n) is 5.82. The molecule has 0 saturated heterocycles. The summed E-state index contributed by atoms with van der Waals surface area (Å²) in [4.78, 5) is 25.5. The van der Waals surface area contributed by atoms with E-state index < -0.39 is 0 Å². The molecule has 8 nitrogen and oxygen atoms in total. The largest absolute Gasteiger partial charge is 0.494 e. The van der Waals surface area contributed by atoms with Crippen LogP contribution in [0.4, 0.5) is 5.69 Å². The highest BCUT2D eigenvalue weighted by molar-refractivity contribution is 5.91. The van der Waals surface area contributed by atoms with E-state index in [9.17, 15) is 9.59 Å². The fraction of sp³-hybridized carbons (Fsp3) is 0.308. The maximum Gasteiger partial charge on any atom is 0.300 e. The SMILES string of the molecule is CCOc1ccc(-n2ccn3c(C[C@H](C)CC(=O)Nc4ccc(C)c(C)c4)nnc3c2=O)cc1. The minimum Gasteiger partial charge on any atom is -0.494 e. The van der Waals surface area contributed by atoms with Crippen LogP contribution >= 0.6 is 0 Å². The minimum absolute atomic E-state index is 0.0208. The van der Waals surface area contributed by atoms with Crippen LogP contribution in [0.1, 0.15) is 37.2 Å². The van der Waals surface area contributed by atoms with E-state index in [4.69, 9.17) is 4.74 Å². The smallest absolute Gasteiger partial charge is 0.300 e. The molecule has 34 heavy (non-hydrogen) atoms. The van der Waals surface area contributed by atoms with E-state index in [-0.39, 0.29) is 23.0 Å². The third-order valence-corrected chi connectivity index (χ3v) is 5.82. The molecule has 4 rings (SSSR count). The Morgan fingerprint density at radius 1 is 1.06 bits per heavy atom. The highest BCUT2D eigenvalue weighted by Crippen LogP contribution is 2.17. The zero-order valence-electron chi connectivity index (χ0n) is 19.9. The number of aromatic nitrogens is 4. The van der Waals surface area contributed by atoms with Crippen molar-refractivity contribution in [2.45, 2.75) is 40.5 Å². The average Bonchev–Trinajstić information content (AvgIpc) is 3.21. The van der Waals surface area contributed by atoms with E-state index in [0.29, 0.717) is 25.3 Å². The third kappa shape index (κ3) is 5.01. The van der Waals surface area contributed by atoms with Gasteiger partial charge in [-0.15, -0.1) is 10.2 Å². The van der Waals surface area contributed by atoms with Crippen LogP contribution in [-0.2, 0) is 11.2 Å². The molecule has 0 radical (unpaired) electrons. The normalized spacial score (nSPS) is 12.0. The van der Waals surface area contributed by atoms with Crippen molar-refractivity contribution < 1.29 is 9.53 Å². The van der Waals surface area contributed by atoms with Gasteiger partial charge in [0.25, 0.3) is 0 Å². The fourth-order valence-electron chi connectivity index (χ4n) is 3.88. The number of hydrogen-bond donors (Lipinski definition) is 1. The van der Waals surface area contributed by atoms with E-state index in [1.165, 1.54) is 10.1 Å². The van der Waals surface area contributed by atoms with Gasteiger partial charge in [0.1, 0.15) is 11.6 Å². The number of nitrogens with one attached hydrogen (secondary N) is 1. The minimum atomic E-state index is -0.259. The standard InChI is InChI=1S/C26H29N5O3/c1-5-34-22-10-8-21(9-11-22)30-12-13-31-23(28-29-25(31)26(30)33)14-17(2)15-24(32)27-20-7-6-18(3)19(4)16-20/h6-13,16-17H,5,14-15H2,1-4H3,(H,27,32)/t17-/m0/s1. The van der Waals surface area contributed by atoms with Gasteiger partial charge in [0, 0.05) is 36.6 Å². The van der Waals surface area contributed by atoms with Crippen LogP contribution < -0.4 is 15.6 Å². The summed E-state index contributed by atoms with van der Waals surface area (Å²) < 4.78 is 8.70. The van der Waals surface area contributed by atoms with Crippen LogP contribution in [0.5, 0.6) is 5.75 Å². The highest BCUT2D eigenvalue weighted by Gasteiger charge is 2.16. The van der Waals surface area contributed by atoms with E-state index in [1.807, 2.05) is 70.2 Å². The van der Waals surface area contributed by atoms with Gasteiger partial charge in [-0.1, -0.05) is 13.0 Å². The molecule has 0 unspecified atom stereocenters. The molecule has 0 aliphatic rings. The molecule has 0 saturated carbocycles. The number of carbonyl (C=O) groups excluding carboxylic acids is 1. The predicted octanol–water partition coefficient (Wildman–Crippen LogP) is 4.10.